The summed E-state index contributed by atoms with van der Waals surface area (Å²) in [6.45, 7) is 5.67. The Balaban J connectivity index is 1.55. The average Bonchev–Trinajstić information content (AvgIpc) is 3.29. The second kappa shape index (κ2) is 11.1. The SMILES string of the molecule is CCOC(=O)c1sc(-c2cccnc2)nc1NCc1ccc(CN2CCOCC2)cc1[N+](=O)[O-]. The van der Waals surface area contributed by atoms with E-state index in [1.807, 2.05) is 12.1 Å². The number of hydrogen-bond acceptors (Lipinski definition) is 10. The Hall–Kier alpha value is -3.41. The number of anilines is 1. The number of hydrogen-bond donors (Lipinski definition) is 1. The summed E-state index contributed by atoms with van der Waals surface area (Å²) in [5, 5.41) is 15.5. The van der Waals surface area contributed by atoms with E-state index < -0.39 is 5.97 Å². The summed E-state index contributed by atoms with van der Waals surface area (Å²) in [5.41, 5.74) is 2.17. The highest BCUT2D eigenvalue weighted by molar-refractivity contribution is 7.17. The number of esters is 1. The third kappa shape index (κ3) is 5.74. The van der Waals surface area contributed by atoms with Gasteiger partial charge >= 0.3 is 5.97 Å². The predicted molar refractivity (Wildman–Crippen MR) is 128 cm³/mol. The van der Waals surface area contributed by atoms with E-state index in [2.05, 4.69) is 20.2 Å². The van der Waals surface area contributed by atoms with Crippen LogP contribution in [0.3, 0.4) is 0 Å². The van der Waals surface area contributed by atoms with Gasteiger partial charge in [0.25, 0.3) is 5.69 Å². The number of aromatic nitrogens is 2. The molecule has 10 nitrogen and oxygen atoms in total. The van der Waals surface area contributed by atoms with Crippen LogP contribution in [-0.2, 0) is 22.6 Å². The van der Waals surface area contributed by atoms with Crippen LogP contribution in [-0.4, -0.2) is 58.7 Å². The van der Waals surface area contributed by atoms with Crippen LogP contribution in [0.5, 0.6) is 0 Å². The van der Waals surface area contributed by atoms with Crippen molar-refractivity contribution in [2.75, 3.05) is 38.2 Å². The molecule has 0 saturated carbocycles. The smallest absolute Gasteiger partial charge is 0.352 e. The summed E-state index contributed by atoms with van der Waals surface area (Å²) >= 11 is 1.19. The lowest BCUT2D eigenvalue weighted by Crippen LogP contribution is -2.35. The van der Waals surface area contributed by atoms with Crippen LogP contribution >= 0.6 is 11.3 Å². The van der Waals surface area contributed by atoms with Crippen LogP contribution < -0.4 is 5.32 Å². The van der Waals surface area contributed by atoms with Gasteiger partial charge in [-0.15, -0.1) is 11.3 Å². The molecule has 34 heavy (non-hydrogen) atoms. The topological polar surface area (TPSA) is 120 Å². The quantitative estimate of drug-likeness (QED) is 0.276. The minimum Gasteiger partial charge on any atom is -0.462 e. The van der Waals surface area contributed by atoms with Gasteiger partial charge in [0.05, 0.1) is 24.7 Å². The molecule has 1 aliphatic heterocycles. The fraction of sp³-hybridized carbons (Fsp3) is 0.348. The van der Waals surface area contributed by atoms with E-state index in [0.29, 0.717) is 41.0 Å². The lowest BCUT2D eigenvalue weighted by Gasteiger charge is -2.26. The lowest BCUT2D eigenvalue weighted by atomic mass is 10.1. The number of pyridine rings is 1. The first-order valence-corrected chi connectivity index (χ1v) is 11.7. The zero-order valence-electron chi connectivity index (χ0n) is 18.7. The molecule has 1 fully saturated rings. The fourth-order valence-corrected chi connectivity index (χ4v) is 4.54. The molecule has 11 heteroatoms. The number of nitro benzene ring substituents is 1. The van der Waals surface area contributed by atoms with Gasteiger partial charge in [-0.2, -0.15) is 0 Å². The zero-order valence-corrected chi connectivity index (χ0v) is 19.5. The van der Waals surface area contributed by atoms with E-state index in [1.54, 1.807) is 37.5 Å². The van der Waals surface area contributed by atoms with Crippen molar-refractivity contribution in [2.24, 2.45) is 0 Å². The maximum Gasteiger partial charge on any atom is 0.352 e. The van der Waals surface area contributed by atoms with Crippen LogP contribution in [0, 0.1) is 10.1 Å². The summed E-state index contributed by atoms with van der Waals surface area (Å²) in [6.07, 6.45) is 3.32. The number of benzene rings is 1. The Kier molecular flexibility index (Phi) is 7.78. The molecule has 0 amide bonds. The summed E-state index contributed by atoms with van der Waals surface area (Å²) in [5.74, 6) is -0.165. The molecule has 0 unspecified atom stereocenters. The highest BCUT2D eigenvalue weighted by atomic mass is 32.1. The van der Waals surface area contributed by atoms with Gasteiger partial charge in [-0.25, -0.2) is 9.78 Å². The van der Waals surface area contributed by atoms with Crippen molar-refractivity contribution in [2.45, 2.75) is 20.0 Å². The van der Waals surface area contributed by atoms with Gasteiger partial charge < -0.3 is 14.8 Å². The highest BCUT2D eigenvalue weighted by Gasteiger charge is 2.22. The van der Waals surface area contributed by atoms with Gasteiger partial charge in [-0.1, -0.05) is 12.1 Å². The number of nitrogens with one attached hydrogen (secondary N) is 1. The number of rotatable bonds is 9. The lowest BCUT2D eigenvalue weighted by molar-refractivity contribution is -0.385. The van der Waals surface area contributed by atoms with E-state index in [9.17, 15) is 14.9 Å². The first-order valence-electron chi connectivity index (χ1n) is 10.9. The molecule has 1 saturated heterocycles. The minimum atomic E-state index is -0.493. The molecule has 178 valence electrons. The van der Waals surface area contributed by atoms with Gasteiger partial charge in [0.15, 0.2) is 10.7 Å². The van der Waals surface area contributed by atoms with Gasteiger partial charge in [0.1, 0.15) is 5.01 Å². The second-order valence-corrected chi connectivity index (χ2v) is 8.62. The van der Waals surface area contributed by atoms with E-state index in [4.69, 9.17) is 9.47 Å². The summed E-state index contributed by atoms with van der Waals surface area (Å²) in [4.78, 5) is 35.1. The normalized spacial score (nSPS) is 14.0. The predicted octanol–water partition coefficient (Wildman–Crippen LogP) is 3.73. The zero-order chi connectivity index (χ0) is 23.9. The largest absolute Gasteiger partial charge is 0.462 e. The summed E-state index contributed by atoms with van der Waals surface area (Å²) in [6, 6.07) is 8.90. The van der Waals surface area contributed by atoms with Crippen LogP contribution in [0.25, 0.3) is 10.6 Å². The Morgan fingerprint density at radius 2 is 2.15 bits per heavy atom. The van der Waals surface area contributed by atoms with Gasteiger partial charge in [-0.3, -0.25) is 20.0 Å². The number of nitro groups is 1. The second-order valence-electron chi connectivity index (χ2n) is 7.62. The highest BCUT2D eigenvalue weighted by Crippen LogP contribution is 2.32. The van der Waals surface area contributed by atoms with Crippen molar-refractivity contribution >= 4 is 28.8 Å². The van der Waals surface area contributed by atoms with Crippen molar-refractivity contribution in [3.8, 4) is 10.6 Å². The molecule has 1 aliphatic rings. The Morgan fingerprint density at radius 1 is 1.32 bits per heavy atom. The maximum atomic E-state index is 12.5. The minimum absolute atomic E-state index is 0.0265. The van der Waals surface area contributed by atoms with Gasteiger partial charge in [0.2, 0.25) is 0 Å². The van der Waals surface area contributed by atoms with Crippen LogP contribution in [0.1, 0.15) is 27.7 Å². The van der Waals surface area contributed by atoms with E-state index in [-0.39, 0.29) is 23.8 Å². The molecule has 0 bridgehead atoms. The number of thiazole rings is 1. The van der Waals surface area contributed by atoms with Gasteiger partial charge in [0, 0.05) is 55.8 Å². The van der Waals surface area contributed by atoms with E-state index in [1.165, 1.54) is 11.3 Å². The van der Waals surface area contributed by atoms with Crippen molar-refractivity contribution in [3.63, 3.8) is 0 Å². The molecular weight excluding hydrogens is 458 g/mol. The first kappa shape index (κ1) is 23.7. The summed E-state index contributed by atoms with van der Waals surface area (Å²) < 4.78 is 10.5. The first-order chi connectivity index (χ1) is 16.5. The molecule has 3 aromatic rings. The summed E-state index contributed by atoms with van der Waals surface area (Å²) in [7, 11) is 0. The molecule has 1 aromatic carbocycles. The van der Waals surface area contributed by atoms with Crippen LogP contribution in [0.15, 0.2) is 42.7 Å². The molecular formula is C23H25N5O5S. The number of carbonyl (C=O) groups is 1. The monoisotopic (exact) mass is 483 g/mol. The average molecular weight is 484 g/mol. The van der Waals surface area contributed by atoms with Crippen molar-refractivity contribution < 1.29 is 19.2 Å². The van der Waals surface area contributed by atoms with Crippen molar-refractivity contribution in [3.05, 3.63) is 68.8 Å². The molecule has 0 aliphatic carbocycles. The Labute approximate surface area is 200 Å². The van der Waals surface area contributed by atoms with Gasteiger partial charge in [-0.05, 0) is 24.6 Å². The number of morpholine rings is 1. The third-order valence-electron chi connectivity index (χ3n) is 5.30. The van der Waals surface area contributed by atoms with Crippen LogP contribution in [0.4, 0.5) is 11.5 Å². The number of ether oxygens (including phenoxy) is 2. The maximum absolute atomic E-state index is 12.5. The standard InChI is InChI=1S/C23H25N5O5S/c1-2-33-23(29)20-21(26-22(34-20)18-4-3-7-24-13-18)25-14-17-6-5-16(12-19(17)28(30)31)15-27-8-10-32-11-9-27/h3-7,12-13,25H,2,8-11,14-15H2,1H3. The van der Waals surface area contributed by atoms with E-state index >= 15 is 0 Å². The molecule has 4 rings (SSSR count). The Bertz CT molecular complexity index is 1150. The van der Waals surface area contributed by atoms with E-state index in [0.717, 1.165) is 24.2 Å². The third-order valence-corrected chi connectivity index (χ3v) is 6.38. The number of nitrogens with zero attached hydrogens (tertiary/aromatic N) is 4. The number of carbonyl (C=O) groups excluding carboxylic acids is 1. The van der Waals surface area contributed by atoms with Crippen LogP contribution in [0.2, 0.25) is 0 Å². The molecule has 1 N–H and O–H groups in total. The molecule has 0 spiro atoms. The molecule has 2 aromatic heterocycles. The molecule has 3 heterocycles. The Morgan fingerprint density at radius 3 is 2.85 bits per heavy atom. The fourth-order valence-electron chi connectivity index (χ4n) is 3.61. The molecule has 0 radical (unpaired) electrons. The van der Waals surface area contributed by atoms with Crippen molar-refractivity contribution in [1.29, 1.82) is 0 Å². The molecule has 0 atom stereocenters. The van der Waals surface area contributed by atoms with Crippen molar-refractivity contribution in [1.82, 2.24) is 14.9 Å².